The van der Waals surface area contributed by atoms with Gasteiger partial charge in [0.1, 0.15) is 11.6 Å². The van der Waals surface area contributed by atoms with Crippen molar-refractivity contribution in [3.05, 3.63) is 57.3 Å². The smallest absolute Gasteiger partial charge is 0.255 e. The average Bonchev–Trinajstić information content (AvgIpc) is 3.12. The van der Waals surface area contributed by atoms with Crippen LogP contribution in [0.3, 0.4) is 0 Å². The predicted octanol–water partition coefficient (Wildman–Crippen LogP) is 3.54. The van der Waals surface area contributed by atoms with Crippen LogP contribution in [0.25, 0.3) is 5.69 Å². The van der Waals surface area contributed by atoms with Gasteiger partial charge in [-0.1, -0.05) is 22.4 Å². The van der Waals surface area contributed by atoms with E-state index >= 15 is 0 Å². The fraction of sp³-hybridized carbons (Fsp3) is 0.429. The van der Waals surface area contributed by atoms with Crippen molar-refractivity contribution in [2.75, 3.05) is 6.54 Å². The van der Waals surface area contributed by atoms with E-state index in [1.165, 1.54) is 12.8 Å². The lowest BCUT2D eigenvalue weighted by atomic mass is 10.2. The summed E-state index contributed by atoms with van der Waals surface area (Å²) in [6.45, 7) is 5.30. The van der Waals surface area contributed by atoms with E-state index < -0.39 is 0 Å². The lowest BCUT2D eigenvalue weighted by molar-refractivity contribution is 0.0952. The molecule has 0 atom stereocenters. The first-order chi connectivity index (χ1) is 14.0. The highest BCUT2D eigenvalue weighted by molar-refractivity contribution is 9.10. The lowest BCUT2D eigenvalue weighted by Crippen LogP contribution is -2.27. The fourth-order valence-electron chi connectivity index (χ4n) is 3.91. The van der Waals surface area contributed by atoms with E-state index in [2.05, 4.69) is 41.1 Å². The molecule has 0 fully saturated rings. The molecular weight excluding hydrogens is 432 g/mol. The van der Waals surface area contributed by atoms with E-state index in [0.29, 0.717) is 18.5 Å². The Hall–Kier alpha value is -2.48. The first-order valence-corrected chi connectivity index (χ1v) is 10.8. The Labute approximate surface area is 178 Å². The van der Waals surface area contributed by atoms with E-state index in [-0.39, 0.29) is 5.91 Å². The van der Waals surface area contributed by atoms with Gasteiger partial charge in [-0.05, 0) is 51.0 Å². The van der Waals surface area contributed by atoms with Crippen LogP contribution in [0, 0.1) is 13.8 Å². The molecule has 1 aromatic carbocycles. The highest BCUT2D eigenvalue weighted by atomic mass is 79.9. The lowest BCUT2D eigenvalue weighted by Gasteiger charge is -2.09. The van der Waals surface area contributed by atoms with Crippen molar-refractivity contribution in [3.63, 3.8) is 0 Å². The van der Waals surface area contributed by atoms with E-state index in [1.54, 1.807) is 0 Å². The summed E-state index contributed by atoms with van der Waals surface area (Å²) in [7, 11) is 0. The Bertz CT molecular complexity index is 1020. The van der Waals surface area contributed by atoms with Crippen LogP contribution in [0.5, 0.6) is 0 Å². The molecule has 152 valence electrons. The number of rotatable bonds is 5. The molecule has 3 aromatic rings. The van der Waals surface area contributed by atoms with Crippen LogP contribution in [0.4, 0.5) is 0 Å². The van der Waals surface area contributed by atoms with Gasteiger partial charge in [0.2, 0.25) is 0 Å². The van der Waals surface area contributed by atoms with Crippen molar-refractivity contribution < 1.29 is 4.79 Å². The fourth-order valence-corrected chi connectivity index (χ4v) is 4.18. The summed E-state index contributed by atoms with van der Waals surface area (Å²) in [5.74, 6) is 1.94. The van der Waals surface area contributed by atoms with Crippen molar-refractivity contribution in [2.45, 2.75) is 52.5 Å². The summed E-state index contributed by atoms with van der Waals surface area (Å²) in [5.41, 5.74) is 3.12. The van der Waals surface area contributed by atoms with Crippen molar-refractivity contribution in [1.29, 1.82) is 0 Å². The largest absolute Gasteiger partial charge is 0.351 e. The van der Waals surface area contributed by atoms with Crippen LogP contribution >= 0.6 is 15.9 Å². The number of benzene rings is 1. The standard InChI is InChI=1S/C21H25BrN6O/c1-14-20(15(2)28(26-14)17-9-7-16(22)8-10-17)21(29)23-12-11-19-25-24-18-6-4-3-5-13-27(18)19/h7-10H,3-6,11-13H2,1-2H3,(H,23,29). The van der Waals surface area contributed by atoms with Gasteiger partial charge in [-0.15, -0.1) is 10.2 Å². The minimum absolute atomic E-state index is 0.0982. The van der Waals surface area contributed by atoms with Gasteiger partial charge in [-0.25, -0.2) is 4.68 Å². The van der Waals surface area contributed by atoms with Crippen LogP contribution in [0.2, 0.25) is 0 Å². The topological polar surface area (TPSA) is 77.6 Å². The quantitative estimate of drug-likeness (QED) is 0.636. The number of aromatic nitrogens is 5. The molecule has 0 bridgehead atoms. The molecular formula is C21H25BrN6O. The second-order valence-corrected chi connectivity index (χ2v) is 8.35. The second kappa shape index (κ2) is 8.49. The Morgan fingerprint density at radius 3 is 2.72 bits per heavy atom. The normalized spacial score (nSPS) is 13.8. The number of nitrogens with zero attached hydrogens (tertiary/aromatic N) is 5. The molecule has 1 aliphatic heterocycles. The van der Waals surface area contributed by atoms with Crippen molar-refractivity contribution in [2.24, 2.45) is 0 Å². The number of hydrogen-bond acceptors (Lipinski definition) is 4. The van der Waals surface area contributed by atoms with Gasteiger partial charge in [0.15, 0.2) is 0 Å². The van der Waals surface area contributed by atoms with E-state index in [1.807, 2.05) is 42.8 Å². The Kier molecular flexibility index (Phi) is 5.80. The maximum absolute atomic E-state index is 12.8. The second-order valence-electron chi connectivity index (χ2n) is 7.43. The molecule has 0 saturated heterocycles. The first kappa shape index (κ1) is 19.8. The molecule has 7 nitrogen and oxygen atoms in total. The average molecular weight is 457 g/mol. The van der Waals surface area contributed by atoms with E-state index in [0.717, 1.165) is 52.6 Å². The monoisotopic (exact) mass is 456 g/mol. The molecule has 3 heterocycles. The number of fused-ring (bicyclic) bond motifs is 1. The number of carbonyl (C=O) groups excluding carboxylic acids is 1. The van der Waals surface area contributed by atoms with Crippen LogP contribution in [0.1, 0.15) is 52.7 Å². The zero-order chi connectivity index (χ0) is 20.4. The first-order valence-electron chi connectivity index (χ1n) is 10.1. The zero-order valence-corrected chi connectivity index (χ0v) is 18.4. The molecule has 4 rings (SSSR count). The van der Waals surface area contributed by atoms with Gasteiger partial charge in [0.05, 0.1) is 22.6 Å². The maximum atomic E-state index is 12.8. The Morgan fingerprint density at radius 2 is 1.93 bits per heavy atom. The summed E-state index contributed by atoms with van der Waals surface area (Å²) in [5, 5.41) is 16.3. The van der Waals surface area contributed by atoms with Crippen LogP contribution in [-0.2, 0) is 19.4 Å². The van der Waals surface area contributed by atoms with Gasteiger partial charge in [-0.2, -0.15) is 5.10 Å². The molecule has 0 spiro atoms. The molecule has 0 unspecified atom stereocenters. The number of hydrogen-bond donors (Lipinski definition) is 1. The van der Waals surface area contributed by atoms with Gasteiger partial charge in [-0.3, -0.25) is 4.79 Å². The summed E-state index contributed by atoms with van der Waals surface area (Å²) in [6.07, 6.45) is 5.25. The summed E-state index contributed by atoms with van der Waals surface area (Å²) >= 11 is 3.45. The van der Waals surface area contributed by atoms with Crippen molar-refractivity contribution >= 4 is 21.8 Å². The van der Waals surface area contributed by atoms with E-state index in [9.17, 15) is 4.79 Å². The zero-order valence-electron chi connectivity index (χ0n) is 16.8. The third-order valence-electron chi connectivity index (χ3n) is 5.41. The molecule has 0 aliphatic carbocycles. The predicted molar refractivity (Wildman–Crippen MR) is 114 cm³/mol. The molecule has 2 aromatic heterocycles. The molecule has 1 aliphatic rings. The van der Waals surface area contributed by atoms with Crippen molar-refractivity contribution in [3.8, 4) is 5.69 Å². The molecule has 0 saturated carbocycles. The maximum Gasteiger partial charge on any atom is 0.255 e. The SMILES string of the molecule is Cc1nn(-c2ccc(Br)cc2)c(C)c1C(=O)NCCc1nnc2n1CCCCC2. The summed E-state index contributed by atoms with van der Waals surface area (Å²) in [4.78, 5) is 12.8. The summed E-state index contributed by atoms with van der Waals surface area (Å²) < 4.78 is 5.04. The third-order valence-corrected chi connectivity index (χ3v) is 5.94. The van der Waals surface area contributed by atoms with Gasteiger partial charge >= 0.3 is 0 Å². The number of aryl methyl sites for hydroxylation is 2. The minimum atomic E-state index is -0.0982. The minimum Gasteiger partial charge on any atom is -0.351 e. The Balaban J connectivity index is 1.44. The van der Waals surface area contributed by atoms with Gasteiger partial charge < -0.3 is 9.88 Å². The summed E-state index contributed by atoms with van der Waals surface area (Å²) in [6, 6.07) is 7.88. The van der Waals surface area contributed by atoms with E-state index in [4.69, 9.17) is 0 Å². The third kappa shape index (κ3) is 4.12. The van der Waals surface area contributed by atoms with Crippen LogP contribution < -0.4 is 5.32 Å². The number of halogens is 1. The highest BCUT2D eigenvalue weighted by Gasteiger charge is 2.20. The number of nitrogens with one attached hydrogen (secondary N) is 1. The molecule has 8 heteroatoms. The molecule has 1 N–H and O–H groups in total. The molecule has 1 amide bonds. The van der Waals surface area contributed by atoms with Gasteiger partial charge in [0, 0.05) is 30.4 Å². The van der Waals surface area contributed by atoms with Crippen LogP contribution in [0.15, 0.2) is 28.7 Å². The number of carbonyl (C=O) groups is 1. The highest BCUT2D eigenvalue weighted by Crippen LogP contribution is 2.20. The Morgan fingerprint density at radius 1 is 1.14 bits per heavy atom. The van der Waals surface area contributed by atoms with Crippen molar-refractivity contribution in [1.82, 2.24) is 29.9 Å². The molecule has 29 heavy (non-hydrogen) atoms. The van der Waals surface area contributed by atoms with Crippen LogP contribution in [-0.4, -0.2) is 37.0 Å². The number of amides is 1. The molecule has 0 radical (unpaired) electrons. The van der Waals surface area contributed by atoms with Gasteiger partial charge in [0.25, 0.3) is 5.91 Å².